The smallest absolute Gasteiger partial charge is 0.225 e. The van der Waals surface area contributed by atoms with Gasteiger partial charge in [0.25, 0.3) is 0 Å². The fourth-order valence-electron chi connectivity index (χ4n) is 2.68. The first-order chi connectivity index (χ1) is 9.12. The van der Waals surface area contributed by atoms with E-state index in [0.29, 0.717) is 11.4 Å². The summed E-state index contributed by atoms with van der Waals surface area (Å²) in [5.41, 5.74) is 6.41. The number of rotatable bonds is 4. The Labute approximate surface area is 119 Å². The lowest BCUT2D eigenvalue weighted by molar-refractivity contribution is -0.121. The van der Waals surface area contributed by atoms with Gasteiger partial charge in [0, 0.05) is 0 Å². The van der Waals surface area contributed by atoms with Crippen LogP contribution in [0.25, 0.3) is 0 Å². The van der Waals surface area contributed by atoms with Crippen molar-refractivity contribution in [2.45, 2.75) is 44.1 Å². The summed E-state index contributed by atoms with van der Waals surface area (Å²) in [6.07, 6.45) is 5.45. The molecule has 0 unspecified atom stereocenters. The van der Waals surface area contributed by atoms with Crippen LogP contribution in [0.4, 0.5) is 0 Å². The Morgan fingerprint density at radius 2 is 1.84 bits per heavy atom. The highest BCUT2D eigenvalue weighted by Gasteiger charge is 2.36. The van der Waals surface area contributed by atoms with E-state index in [1.807, 2.05) is 30.3 Å². The van der Waals surface area contributed by atoms with Gasteiger partial charge in [0.2, 0.25) is 5.91 Å². The van der Waals surface area contributed by atoms with Crippen LogP contribution in [0.1, 0.15) is 37.7 Å². The number of nitrogens with one attached hydrogen (secondary N) is 1. The molecule has 19 heavy (non-hydrogen) atoms. The van der Waals surface area contributed by atoms with E-state index in [9.17, 15) is 4.79 Å². The van der Waals surface area contributed by atoms with Crippen molar-refractivity contribution in [3.05, 3.63) is 35.9 Å². The molecule has 0 aliphatic heterocycles. The highest BCUT2D eigenvalue weighted by molar-refractivity contribution is 7.80. The van der Waals surface area contributed by atoms with Gasteiger partial charge in [0.05, 0.1) is 16.9 Å². The van der Waals surface area contributed by atoms with E-state index < -0.39 is 5.54 Å². The lowest BCUT2D eigenvalue weighted by Crippen LogP contribution is -2.58. The predicted octanol–water partition coefficient (Wildman–Crippen LogP) is 2.33. The third-order valence-electron chi connectivity index (χ3n) is 3.76. The molecule has 0 radical (unpaired) electrons. The largest absolute Gasteiger partial charge is 0.391 e. The Morgan fingerprint density at radius 3 is 2.42 bits per heavy atom. The van der Waals surface area contributed by atoms with Gasteiger partial charge in [-0.15, -0.1) is 0 Å². The molecule has 1 fully saturated rings. The summed E-state index contributed by atoms with van der Waals surface area (Å²) in [5.74, 6) is 0.000833. The zero-order valence-corrected chi connectivity index (χ0v) is 11.8. The summed E-state index contributed by atoms with van der Waals surface area (Å²) in [6.45, 7) is 0. The van der Waals surface area contributed by atoms with Crippen LogP contribution in [0.5, 0.6) is 0 Å². The lowest BCUT2D eigenvalue weighted by atomic mass is 9.81. The molecule has 1 aliphatic rings. The summed E-state index contributed by atoms with van der Waals surface area (Å²) in [7, 11) is 0. The van der Waals surface area contributed by atoms with Gasteiger partial charge in [0.15, 0.2) is 0 Å². The molecule has 1 aromatic carbocycles. The van der Waals surface area contributed by atoms with E-state index in [1.165, 1.54) is 6.42 Å². The Hall–Kier alpha value is -1.42. The molecular weight excluding hydrogens is 256 g/mol. The molecule has 1 aromatic rings. The van der Waals surface area contributed by atoms with E-state index in [0.717, 1.165) is 31.2 Å². The molecule has 0 saturated heterocycles. The van der Waals surface area contributed by atoms with E-state index in [2.05, 4.69) is 5.32 Å². The molecule has 3 N–H and O–H groups in total. The Kier molecular flexibility index (Phi) is 4.53. The minimum atomic E-state index is -0.459. The molecule has 0 atom stereocenters. The monoisotopic (exact) mass is 276 g/mol. The lowest BCUT2D eigenvalue weighted by Gasteiger charge is -2.37. The van der Waals surface area contributed by atoms with Crippen LogP contribution in [0.15, 0.2) is 30.3 Å². The number of amides is 1. The standard InChI is InChI=1S/C15H20N2OS/c16-14(19)15(9-5-2-6-10-15)17-13(18)11-12-7-3-1-4-8-12/h1,3-4,7-8H,2,5-6,9-11H2,(H2,16,19)(H,17,18). The molecular formula is C15H20N2OS. The van der Waals surface area contributed by atoms with E-state index in [1.54, 1.807) is 0 Å². The average Bonchev–Trinajstić information content (AvgIpc) is 2.40. The molecule has 0 heterocycles. The SMILES string of the molecule is NC(=S)C1(NC(=O)Cc2ccccc2)CCCCC1. The van der Waals surface area contributed by atoms with Gasteiger partial charge in [0.1, 0.15) is 0 Å². The van der Waals surface area contributed by atoms with Crippen molar-refractivity contribution in [1.29, 1.82) is 0 Å². The maximum atomic E-state index is 12.2. The second kappa shape index (κ2) is 6.15. The van der Waals surface area contributed by atoms with Crippen molar-refractivity contribution in [2.75, 3.05) is 0 Å². The predicted molar refractivity (Wildman–Crippen MR) is 80.9 cm³/mol. The number of hydrogen-bond acceptors (Lipinski definition) is 2. The minimum Gasteiger partial charge on any atom is -0.391 e. The first-order valence-electron chi connectivity index (χ1n) is 6.77. The first-order valence-corrected chi connectivity index (χ1v) is 7.18. The van der Waals surface area contributed by atoms with Gasteiger partial charge in [-0.1, -0.05) is 61.8 Å². The fraction of sp³-hybridized carbons (Fsp3) is 0.467. The van der Waals surface area contributed by atoms with Crippen molar-refractivity contribution in [3.8, 4) is 0 Å². The van der Waals surface area contributed by atoms with Crippen LogP contribution < -0.4 is 11.1 Å². The summed E-state index contributed by atoms with van der Waals surface area (Å²) in [6, 6.07) is 9.72. The zero-order chi connectivity index (χ0) is 13.7. The van der Waals surface area contributed by atoms with Gasteiger partial charge in [-0.2, -0.15) is 0 Å². The molecule has 1 amide bonds. The zero-order valence-electron chi connectivity index (χ0n) is 11.0. The number of hydrogen-bond donors (Lipinski definition) is 2. The van der Waals surface area contributed by atoms with Crippen molar-refractivity contribution < 1.29 is 4.79 Å². The maximum Gasteiger partial charge on any atom is 0.225 e. The fourth-order valence-corrected chi connectivity index (χ4v) is 2.94. The molecule has 0 bridgehead atoms. The molecule has 0 spiro atoms. The van der Waals surface area contributed by atoms with Crippen LogP contribution in [0, 0.1) is 0 Å². The molecule has 2 rings (SSSR count). The number of thiocarbonyl (C=S) groups is 1. The van der Waals surface area contributed by atoms with Crippen LogP contribution in [-0.4, -0.2) is 16.4 Å². The number of carbonyl (C=O) groups is 1. The maximum absolute atomic E-state index is 12.2. The van der Waals surface area contributed by atoms with Gasteiger partial charge >= 0.3 is 0 Å². The Morgan fingerprint density at radius 1 is 1.21 bits per heavy atom. The van der Waals surface area contributed by atoms with Crippen molar-refractivity contribution in [2.24, 2.45) is 5.73 Å². The summed E-state index contributed by atoms with van der Waals surface area (Å²) >= 11 is 5.17. The Bertz CT molecular complexity index is 452. The summed E-state index contributed by atoms with van der Waals surface area (Å²) in [4.78, 5) is 12.6. The normalized spacial score (nSPS) is 17.7. The highest BCUT2D eigenvalue weighted by atomic mass is 32.1. The van der Waals surface area contributed by atoms with Crippen molar-refractivity contribution in [3.63, 3.8) is 0 Å². The van der Waals surface area contributed by atoms with E-state index in [-0.39, 0.29) is 5.91 Å². The topological polar surface area (TPSA) is 55.1 Å². The van der Waals surface area contributed by atoms with Crippen molar-refractivity contribution >= 4 is 23.1 Å². The number of nitrogens with two attached hydrogens (primary N) is 1. The molecule has 3 nitrogen and oxygen atoms in total. The van der Waals surface area contributed by atoms with Gasteiger partial charge < -0.3 is 11.1 Å². The van der Waals surface area contributed by atoms with Gasteiger partial charge in [-0.05, 0) is 18.4 Å². The third-order valence-corrected chi connectivity index (χ3v) is 4.16. The highest BCUT2D eigenvalue weighted by Crippen LogP contribution is 2.28. The molecule has 102 valence electrons. The van der Waals surface area contributed by atoms with E-state index >= 15 is 0 Å². The third kappa shape index (κ3) is 3.53. The molecule has 4 heteroatoms. The van der Waals surface area contributed by atoms with Crippen LogP contribution in [0.2, 0.25) is 0 Å². The van der Waals surface area contributed by atoms with Gasteiger partial charge in [-0.25, -0.2) is 0 Å². The minimum absolute atomic E-state index is 0.000833. The van der Waals surface area contributed by atoms with Crippen LogP contribution in [0.3, 0.4) is 0 Å². The molecule has 0 aromatic heterocycles. The summed E-state index contributed by atoms with van der Waals surface area (Å²) in [5, 5.41) is 3.08. The summed E-state index contributed by atoms with van der Waals surface area (Å²) < 4.78 is 0. The van der Waals surface area contributed by atoms with Gasteiger partial charge in [-0.3, -0.25) is 4.79 Å². The van der Waals surface area contributed by atoms with Crippen LogP contribution in [-0.2, 0) is 11.2 Å². The second-order valence-corrected chi connectivity index (χ2v) is 5.66. The molecule has 1 aliphatic carbocycles. The number of benzene rings is 1. The van der Waals surface area contributed by atoms with Crippen molar-refractivity contribution in [1.82, 2.24) is 5.32 Å². The Balaban J connectivity index is 2.01. The first kappa shape index (κ1) is 14.0. The average molecular weight is 276 g/mol. The number of carbonyl (C=O) groups excluding carboxylic acids is 1. The quantitative estimate of drug-likeness (QED) is 0.830. The van der Waals surface area contributed by atoms with E-state index in [4.69, 9.17) is 18.0 Å². The molecule has 1 saturated carbocycles. The van der Waals surface area contributed by atoms with Crippen LogP contribution >= 0.6 is 12.2 Å². The second-order valence-electron chi connectivity index (χ2n) is 5.22.